The van der Waals surface area contributed by atoms with Crippen molar-refractivity contribution >= 4 is 18.0 Å². The molecule has 0 aromatic heterocycles. The van der Waals surface area contributed by atoms with Crippen LogP contribution in [-0.4, -0.2) is 77.9 Å². The van der Waals surface area contributed by atoms with Gasteiger partial charge in [-0.2, -0.15) is 5.26 Å². The average molecular weight is 287 g/mol. The van der Waals surface area contributed by atoms with E-state index in [1.165, 1.54) is 12.0 Å². The molecule has 9 heteroatoms. The molecule has 0 radical (unpaired) electrons. The zero-order valence-corrected chi connectivity index (χ0v) is 11.1. The molecule has 0 aromatic carbocycles. The Balaban J connectivity index is 4.86. The molecular weight excluding hydrogens is 270 g/mol. The number of nitrogens with zero attached hydrogens (tertiary/aromatic N) is 3. The topological polar surface area (TPSA) is 131 Å². The maximum atomic E-state index is 12.1. The van der Waals surface area contributed by atoms with Gasteiger partial charge in [0.05, 0.1) is 19.1 Å². The lowest BCUT2D eigenvalue weighted by molar-refractivity contribution is -0.140. The number of rotatable bonds is 9. The van der Waals surface area contributed by atoms with Crippen molar-refractivity contribution in [1.29, 1.82) is 5.26 Å². The van der Waals surface area contributed by atoms with Crippen LogP contribution in [0.5, 0.6) is 0 Å². The van der Waals surface area contributed by atoms with Crippen molar-refractivity contribution in [2.24, 2.45) is 0 Å². The summed E-state index contributed by atoms with van der Waals surface area (Å²) in [7, 11) is 1.43. The molecule has 0 aromatic rings. The van der Waals surface area contributed by atoms with Crippen molar-refractivity contribution < 1.29 is 29.3 Å². The second-order valence-corrected chi connectivity index (χ2v) is 3.81. The van der Waals surface area contributed by atoms with Crippen LogP contribution in [0.2, 0.25) is 0 Å². The number of ether oxygens (including phenoxy) is 1. The van der Waals surface area contributed by atoms with E-state index in [1.54, 1.807) is 0 Å². The Hall–Kier alpha value is -2.34. The van der Waals surface area contributed by atoms with E-state index in [2.05, 4.69) is 0 Å². The monoisotopic (exact) mass is 287 g/mol. The molecule has 0 aliphatic rings. The second-order valence-electron chi connectivity index (χ2n) is 3.81. The van der Waals surface area contributed by atoms with E-state index < -0.39 is 31.1 Å². The van der Waals surface area contributed by atoms with Crippen LogP contribution < -0.4 is 0 Å². The Kier molecular flexibility index (Phi) is 8.45. The number of carboxylic acids is 2. The first kappa shape index (κ1) is 17.7. The van der Waals surface area contributed by atoms with Crippen LogP contribution in [0.15, 0.2) is 0 Å². The predicted molar refractivity (Wildman–Crippen MR) is 65.9 cm³/mol. The fourth-order valence-corrected chi connectivity index (χ4v) is 1.41. The lowest BCUT2D eigenvalue weighted by Gasteiger charge is -2.28. The van der Waals surface area contributed by atoms with Gasteiger partial charge in [0.25, 0.3) is 0 Å². The minimum Gasteiger partial charge on any atom is -0.480 e. The van der Waals surface area contributed by atoms with Crippen molar-refractivity contribution in [2.45, 2.75) is 6.42 Å². The number of amides is 2. The third kappa shape index (κ3) is 7.17. The largest absolute Gasteiger partial charge is 0.480 e. The van der Waals surface area contributed by atoms with Gasteiger partial charge in [-0.05, 0) is 0 Å². The number of carbonyl (C=O) groups is 3. The van der Waals surface area contributed by atoms with Gasteiger partial charge in [-0.1, -0.05) is 0 Å². The normalized spacial score (nSPS) is 9.60. The highest BCUT2D eigenvalue weighted by molar-refractivity contribution is 5.84. The fraction of sp³-hybridized carbons (Fsp3) is 0.636. The molecule has 0 atom stereocenters. The van der Waals surface area contributed by atoms with E-state index in [1.807, 2.05) is 6.07 Å². The Bertz CT molecular complexity index is 376. The van der Waals surface area contributed by atoms with E-state index in [0.717, 1.165) is 0 Å². The van der Waals surface area contributed by atoms with Gasteiger partial charge in [0.2, 0.25) is 0 Å². The Morgan fingerprint density at radius 1 is 1.10 bits per heavy atom. The van der Waals surface area contributed by atoms with Crippen LogP contribution in [0.4, 0.5) is 4.79 Å². The average Bonchev–Trinajstić information content (AvgIpc) is 2.36. The van der Waals surface area contributed by atoms with Crippen molar-refractivity contribution in [3.05, 3.63) is 0 Å². The molecule has 20 heavy (non-hydrogen) atoms. The number of carboxylic acid groups (broad SMARTS) is 2. The highest BCUT2D eigenvalue weighted by atomic mass is 16.5. The fourth-order valence-electron chi connectivity index (χ4n) is 1.41. The number of methoxy groups -OCH3 is 1. The standard InChI is InChI=1S/C11H17N3O6/c1-20-6-5-13(4-2-3-12)11(19)14(7-9(15)16)8-10(17)18/h2,4-8H2,1H3,(H,15,16)(H,17,18). The first-order chi connectivity index (χ1) is 9.42. The minimum absolute atomic E-state index is 0.0590. The number of nitriles is 1. The Labute approximate surface area is 115 Å². The molecule has 0 saturated carbocycles. The van der Waals surface area contributed by atoms with E-state index in [0.29, 0.717) is 4.90 Å². The SMILES string of the molecule is COCCN(CCC#N)C(=O)N(CC(=O)O)CC(=O)O. The third-order valence-electron chi connectivity index (χ3n) is 2.25. The van der Waals surface area contributed by atoms with Crippen molar-refractivity contribution in [2.75, 3.05) is 39.9 Å². The number of aliphatic carboxylic acids is 2. The molecule has 0 aliphatic carbocycles. The molecule has 0 fully saturated rings. The van der Waals surface area contributed by atoms with Gasteiger partial charge in [0.15, 0.2) is 0 Å². The summed E-state index contributed by atoms with van der Waals surface area (Å²) in [6, 6.07) is 1.12. The van der Waals surface area contributed by atoms with Crippen molar-refractivity contribution in [1.82, 2.24) is 9.80 Å². The predicted octanol–water partition coefficient (Wildman–Crippen LogP) is -0.560. The minimum atomic E-state index is -1.31. The van der Waals surface area contributed by atoms with Gasteiger partial charge < -0.3 is 24.7 Å². The first-order valence-electron chi connectivity index (χ1n) is 5.75. The molecule has 112 valence electrons. The third-order valence-corrected chi connectivity index (χ3v) is 2.25. The van der Waals surface area contributed by atoms with Crippen LogP contribution >= 0.6 is 0 Å². The molecule has 0 spiro atoms. The summed E-state index contributed by atoms with van der Waals surface area (Å²) >= 11 is 0. The van der Waals surface area contributed by atoms with E-state index in [4.69, 9.17) is 20.2 Å². The lowest BCUT2D eigenvalue weighted by atomic mass is 10.4. The van der Waals surface area contributed by atoms with Crippen LogP contribution in [0, 0.1) is 11.3 Å². The smallest absolute Gasteiger partial charge is 0.323 e. The zero-order chi connectivity index (χ0) is 15.5. The summed E-state index contributed by atoms with van der Waals surface area (Å²) in [5, 5.41) is 25.9. The van der Waals surface area contributed by atoms with Crippen molar-refractivity contribution in [3.63, 3.8) is 0 Å². The van der Waals surface area contributed by atoms with Gasteiger partial charge in [-0.25, -0.2) is 4.79 Å². The van der Waals surface area contributed by atoms with Crippen molar-refractivity contribution in [3.8, 4) is 6.07 Å². The maximum Gasteiger partial charge on any atom is 0.323 e. The van der Waals surface area contributed by atoms with E-state index >= 15 is 0 Å². The van der Waals surface area contributed by atoms with E-state index in [9.17, 15) is 14.4 Å². The van der Waals surface area contributed by atoms with Gasteiger partial charge in [-0.15, -0.1) is 0 Å². The molecule has 0 rings (SSSR count). The second kappa shape index (κ2) is 9.57. The molecule has 2 N–H and O–H groups in total. The van der Waals surface area contributed by atoms with Crippen LogP contribution in [0.25, 0.3) is 0 Å². The molecular formula is C11H17N3O6. The van der Waals surface area contributed by atoms with Crippen LogP contribution in [-0.2, 0) is 14.3 Å². The number of urea groups is 1. The van der Waals surface area contributed by atoms with Gasteiger partial charge in [0, 0.05) is 20.2 Å². The van der Waals surface area contributed by atoms with Gasteiger partial charge >= 0.3 is 18.0 Å². The summed E-state index contributed by atoms with van der Waals surface area (Å²) in [5.41, 5.74) is 0. The molecule has 0 bridgehead atoms. The molecule has 0 unspecified atom stereocenters. The Morgan fingerprint density at radius 3 is 2.05 bits per heavy atom. The summed E-state index contributed by atoms with van der Waals surface area (Å²) < 4.78 is 4.82. The lowest BCUT2D eigenvalue weighted by Crippen LogP contribution is -2.48. The highest BCUT2D eigenvalue weighted by Crippen LogP contribution is 2.01. The van der Waals surface area contributed by atoms with Gasteiger partial charge in [-0.3, -0.25) is 9.59 Å². The van der Waals surface area contributed by atoms with Gasteiger partial charge in [0.1, 0.15) is 13.1 Å². The number of hydrogen-bond donors (Lipinski definition) is 2. The molecule has 9 nitrogen and oxygen atoms in total. The number of carbonyl (C=O) groups excluding carboxylic acids is 1. The molecule has 0 heterocycles. The van der Waals surface area contributed by atoms with Crippen LogP contribution in [0.3, 0.4) is 0 Å². The van der Waals surface area contributed by atoms with E-state index in [-0.39, 0.29) is 26.1 Å². The summed E-state index contributed by atoms with van der Waals surface area (Å²) in [6.07, 6.45) is 0.0590. The molecule has 2 amide bonds. The Morgan fingerprint density at radius 2 is 1.65 bits per heavy atom. The zero-order valence-electron chi connectivity index (χ0n) is 11.1. The molecule has 0 aliphatic heterocycles. The quantitative estimate of drug-likeness (QED) is 0.581. The number of hydrogen-bond acceptors (Lipinski definition) is 5. The highest BCUT2D eigenvalue weighted by Gasteiger charge is 2.24. The maximum absolute atomic E-state index is 12.1. The summed E-state index contributed by atoms with van der Waals surface area (Å²) in [4.78, 5) is 35.3. The molecule has 0 saturated heterocycles. The summed E-state index contributed by atoms with van der Waals surface area (Å²) in [5.74, 6) is -2.63. The first-order valence-corrected chi connectivity index (χ1v) is 5.75. The summed E-state index contributed by atoms with van der Waals surface area (Å²) in [6.45, 7) is -1.02. The van der Waals surface area contributed by atoms with Crippen LogP contribution in [0.1, 0.15) is 6.42 Å².